The third-order valence-electron chi connectivity index (χ3n) is 2.85. The molecule has 1 atom stereocenters. The van der Waals surface area contributed by atoms with Crippen molar-refractivity contribution < 1.29 is 22.7 Å². The number of ether oxygens (including phenoxy) is 1. The zero-order valence-corrected chi connectivity index (χ0v) is 10.3. The first kappa shape index (κ1) is 13.9. The van der Waals surface area contributed by atoms with Gasteiger partial charge in [0.25, 0.3) is 0 Å². The Bertz CT molecular complexity index is 470. The number of halogens is 3. The van der Waals surface area contributed by atoms with E-state index < -0.39 is 24.6 Å². The summed E-state index contributed by atoms with van der Waals surface area (Å²) < 4.78 is 43.8. The molecule has 0 aliphatic carbocycles. The summed E-state index contributed by atoms with van der Waals surface area (Å²) in [7, 11) is 0. The predicted octanol–water partition coefficient (Wildman–Crippen LogP) is 1.66. The molecule has 0 aromatic carbocycles. The van der Waals surface area contributed by atoms with Crippen molar-refractivity contribution >= 4 is 5.97 Å². The summed E-state index contributed by atoms with van der Waals surface area (Å²) >= 11 is 0. The minimum absolute atomic E-state index is 0.0765. The normalized spacial score (nSPS) is 19.1. The number of hydrogen-bond acceptors (Lipinski definition) is 4. The molecule has 0 spiro atoms. The van der Waals surface area contributed by atoms with Crippen molar-refractivity contribution in [2.75, 3.05) is 13.2 Å². The highest BCUT2D eigenvalue weighted by Gasteiger charge is 2.36. The van der Waals surface area contributed by atoms with E-state index >= 15 is 0 Å². The Morgan fingerprint density at radius 3 is 3.00 bits per heavy atom. The Morgan fingerprint density at radius 1 is 1.63 bits per heavy atom. The van der Waals surface area contributed by atoms with E-state index in [-0.39, 0.29) is 18.8 Å². The van der Waals surface area contributed by atoms with E-state index in [0.717, 1.165) is 0 Å². The average molecular weight is 277 g/mol. The smallest absolute Gasteiger partial charge is 0.391 e. The van der Waals surface area contributed by atoms with Gasteiger partial charge in [0.2, 0.25) is 0 Å². The second-order valence-electron chi connectivity index (χ2n) is 4.25. The number of nitrogens with one attached hydrogen (secondary N) is 1. The summed E-state index contributed by atoms with van der Waals surface area (Å²) in [4.78, 5) is 15.7. The lowest BCUT2D eigenvalue weighted by Gasteiger charge is -2.28. The van der Waals surface area contributed by atoms with Gasteiger partial charge in [-0.3, -0.25) is 0 Å². The number of hydrogen-bond donors (Lipinski definition) is 1. The van der Waals surface area contributed by atoms with Gasteiger partial charge in [-0.1, -0.05) is 0 Å². The SMILES string of the molecule is CCOC(=O)c1cnc2n1C(CC(F)(F)F)CNC2. The number of imidazole rings is 1. The molecular weight excluding hydrogens is 263 g/mol. The third kappa shape index (κ3) is 3.06. The van der Waals surface area contributed by atoms with E-state index in [2.05, 4.69) is 10.3 Å². The highest BCUT2D eigenvalue weighted by Crippen LogP contribution is 2.31. The fraction of sp³-hybridized carbons (Fsp3) is 0.636. The van der Waals surface area contributed by atoms with Gasteiger partial charge in [-0.05, 0) is 6.92 Å². The molecule has 1 aliphatic heterocycles. The van der Waals surface area contributed by atoms with Gasteiger partial charge in [0.05, 0.1) is 31.8 Å². The van der Waals surface area contributed by atoms with Crippen LogP contribution in [-0.4, -0.2) is 34.8 Å². The number of esters is 1. The lowest BCUT2D eigenvalue weighted by atomic mass is 10.1. The van der Waals surface area contributed by atoms with Crippen LogP contribution in [-0.2, 0) is 11.3 Å². The molecule has 1 unspecified atom stereocenters. The lowest BCUT2D eigenvalue weighted by molar-refractivity contribution is -0.143. The Hall–Kier alpha value is -1.57. The Balaban J connectivity index is 2.30. The number of carbonyl (C=O) groups is 1. The lowest BCUT2D eigenvalue weighted by Crippen LogP contribution is -2.37. The van der Waals surface area contributed by atoms with Crippen molar-refractivity contribution in [2.45, 2.75) is 32.1 Å². The largest absolute Gasteiger partial charge is 0.461 e. The molecule has 0 fully saturated rings. The van der Waals surface area contributed by atoms with Gasteiger partial charge >= 0.3 is 12.1 Å². The van der Waals surface area contributed by atoms with Crippen molar-refractivity contribution in [3.8, 4) is 0 Å². The zero-order chi connectivity index (χ0) is 14.0. The first-order chi connectivity index (χ1) is 8.92. The average Bonchev–Trinajstić information content (AvgIpc) is 2.72. The predicted molar refractivity (Wildman–Crippen MR) is 59.6 cm³/mol. The highest BCUT2D eigenvalue weighted by atomic mass is 19.4. The summed E-state index contributed by atoms with van der Waals surface area (Å²) in [5.41, 5.74) is 0.0765. The van der Waals surface area contributed by atoms with E-state index in [9.17, 15) is 18.0 Å². The fourth-order valence-corrected chi connectivity index (χ4v) is 2.17. The van der Waals surface area contributed by atoms with Crippen molar-refractivity contribution in [1.82, 2.24) is 14.9 Å². The van der Waals surface area contributed by atoms with E-state index in [1.54, 1.807) is 6.92 Å². The van der Waals surface area contributed by atoms with Crippen LogP contribution in [0.1, 0.15) is 35.7 Å². The Kier molecular flexibility index (Phi) is 3.79. The number of carbonyl (C=O) groups excluding carboxylic acids is 1. The molecule has 19 heavy (non-hydrogen) atoms. The molecule has 1 N–H and O–H groups in total. The van der Waals surface area contributed by atoms with Crippen molar-refractivity contribution in [3.63, 3.8) is 0 Å². The number of nitrogens with zero attached hydrogens (tertiary/aromatic N) is 2. The molecule has 0 radical (unpaired) electrons. The molecule has 2 rings (SSSR count). The summed E-state index contributed by atoms with van der Waals surface area (Å²) in [5, 5.41) is 2.86. The number of fused-ring (bicyclic) bond motifs is 1. The second-order valence-corrected chi connectivity index (χ2v) is 4.25. The van der Waals surface area contributed by atoms with E-state index in [0.29, 0.717) is 12.4 Å². The summed E-state index contributed by atoms with van der Waals surface area (Å²) in [5.74, 6) is -0.223. The van der Waals surface area contributed by atoms with Crippen LogP contribution >= 0.6 is 0 Å². The fourth-order valence-electron chi connectivity index (χ4n) is 2.17. The van der Waals surface area contributed by atoms with Crippen molar-refractivity contribution in [3.05, 3.63) is 17.7 Å². The van der Waals surface area contributed by atoms with Crippen molar-refractivity contribution in [2.24, 2.45) is 0 Å². The molecule has 106 valence electrons. The molecule has 1 aliphatic rings. The topological polar surface area (TPSA) is 56.1 Å². The van der Waals surface area contributed by atoms with Gasteiger partial charge in [-0.25, -0.2) is 9.78 Å². The van der Waals surface area contributed by atoms with Crippen LogP contribution in [0.4, 0.5) is 13.2 Å². The maximum absolute atomic E-state index is 12.5. The van der Waals surface area contributed by atoms with E-state index in [4.69, 9.17) is 4.74 Å². The van der Waals surface area contributed by atoms with Crippen molar-refractivity contribution in [1.29, 1.82) is 0 Å². The maximum atomic E-state index is 12.5. The number of rotatable bonds is 3. The number of alkyl halides is 3. The molecule has 0 amide bonds. The molecule has 8 heteroatoms. The highest BCUT2D eigenvalue weighted by molar-refractivity contribution is 5.87. The molecule has 1 aromatic rings. The Labute approximate surface area is 107 Å². The summed E-state index contributed by atoms with van der Waals surface area (Å²) in [6, 6.07) is -0.870. The molecule has 5 nitrogen and oxygen atoms in total. The molecular formula is C11H14F3N3O2. The van der Waals surface area contributed by atoms with Crippen LogP contribution in [0.15, 0.2) is 6.20 Å². The Morgan fingerprint density at radius 2 is 2.37 bits per heavy atom. The molecule has 0 saturated carbocycles. The van der Waals surface area contributed by atoms with Crippen LogP contribution in [0.5, 0.6) is 0 Å². The minimum Gasteiger partial charge on any atom is -0.461 e. The quantitative estimate of drug-likeness (QED) is 0.854. The summed E-state index contributed by atoms with van der Waals surface area (Å²) in [6.07, 6.45) is -4.03. The van der Waals surface area contributed by atoms with E-state index in [1.807, 2.05) is 0 Å². The maximum Gasteiger partial charge on any atom is 0.391 e. The third-order valence-corrected chi connectivity index (χ3v) is 2.85. The van der Waals surface area contributed by atoms with Gasteiger partial charge in [0, 0.05) is 6.54 Å². The number of aromatic nitrogens is 2. The monoisotopic (exact) mass is 277 g/mol. The van der Waals surface area contributed by atoms with E-state index in [1.165, 1.54) is 10.8 Å². The first-order valence-corrected chi connectivity index (χ1v) is 5.93. The molecule has 0 bridgehead atoms. The van der Waals surface area contributed by atoms with Crippen LogP contribution in [0.2, 0.25) is 0 Å². The van der Waals surface area contributed by atoms with Crippen LogP contribution in [0.3, 0.4) is 0 Å². The summed E-state index contributed by atoms with van der Waals surface area (Å²) in [6.45, 7) is 2.30. The standard InChI is InChI=1S/C11H14F3N3O2/c1-2-19-10(18)8-5-16-9-6-15-4-7(17(8)9)3-11(12,13)14/h5,7,15H,2-4,6H2,1H3. The second kappa shape index (κ2) is 5.20. The first-order valence-electron chi connectivity index (χ1n) is 5.93. The van der Waals surface area contributed by atoms with Crippen LogP contribution in [0.25, 0.3) is 0 Å². The van der Waals surface area contributed by atoms with Gasteiger partial charge < -0.3 is 14.6 Å². The molecule has 0 saturated heterocycles. The molecule has 1 aromatic heterocycles. The van der Waals surface area contributed by atoms with Gasteiger partial charge in [-0.15, -0.1) is 0 Å². The van der Waals surface area contributed by atoms with Gasteiger partial charge in [-0.2, -0.15) is 13.2 Å². The van der Waals surface area contributed by atoms with Crippen LogP contribution in [0, 0.1) is 0 Å². The zero-order valence-electron chi connectivity index (χ0n) is 10.3. The van der Waals surface area contributed by atoms with Crippen LogP contribution < -0.4 is 5.32 Å². The molecule has 2 heterocycles. The minimum atomic E-state index is -4.29. The van der Waals surface area contributed by atoms with Gasteiger partial charge in [0.1, 0.15) is 11.5 Å². The van der Waals surface area contributed by atoms with Gasteiger partial charge in [0.15, 0.2) is 0 Å².